The standard InChI is InChI=1S/C70H44N6/c1-6-20-45(21-7-1)58-44-59(72-70(71-58)46-22-8-2-9-23-46)47-34-38-62-56(42-47)54-37-41-65-67(69(54)75(62)50-28-14-5-15-29-50)57-43-51(35-39-63(57)74(65)49-26-12-4-13-27-49)76-60-32-18-16-30-52(60)53-36-40-64-66(68(53)76)55-31-17-19-33-61(55)73(64)48-24-10-3-11-25-48/h1-44H. The summed E-state index contributed by atoms with van der Waals surface area (Å²) in [6.07, 6.45) is 0. The van der Waals surface area contributed by atoms with Crippen molar-refractivity contribution in [2.45, 2.75) is 0 Å². The van der Waals surface area contributed by atoms with Crippen molar-refractivity contribution in [2.24, 2.45) is 0 Å². The molecule has 6 heteroatoms. The van der Waals surface area contributed by atoms with Gasteiger partial charge in [0.15, 0.2) is 5.82 Å². The molecule has 0 N–H and O–H groups in total. The van der Waals surface area contributed by atoms with Crippen LogP contribution in [0.25, 0.3) is 144 Å². The maximum atomic E-state index is 5.28. The molecule has 0 atom stereocenters. The lowest BCUT2D eigenvalue weighted by atomic mass is 10.0. The van der Waals surface area contributed by atoms with Crippen LogP contribution in [0.5, 0.6) is 0 Å². The number of hydrogen-bond acceptors (Lipinski definition) is 2. The zero-order valence-corrected chi connectivity index (χ0v) is 41.1. The molecule has 354 valence electrons. The summed E-state index contributed by atoms with van der Waals surface area (Å²) in [5.41, 5.74) is 18.5. The van der Waals surface area contributed by atoms with Crippen LogP contribution in [0.2, 0.25) is 0 Å². The lowest BCUT2D eigenvalue weighted by Crippen LogP contribution is -1.96. The van der Waals surface area contributed by atoms with Crippen molar-refractivity contribution >= 4 is 87.2 Å². The number of aromatic nitrogens is 6. The van der Waals surface area contributed by atoms with Crippen LogP contribution < -0.4 is 0 Å². The summed E-state index contributed by atoms with van der Waals surface area (Å²) in [6.45, 7) is 0. The van der Waals surface area contributed by atoms with Gasteiger partial charge in [0.25, 0.3) is 0 Å². The van der Waals surface area contributed by atoms with E-state index in [-0.39, 0.29) is 0 Å². The van der Waals surface area contributed by atoms with Crippen molar-refractivity contribution in [3.63, 3.8) is 0 Å². The molecule has 16 rings (SSSR count). The smallest absolute Gasteiger partial charge is 0.160 e. The molecule has 0 amide bonds. The monoisotopic (exact) mass is 968 g/mol. The van der Waals surface area contributed by atoms with Gasteiger partial charge in [-0.15, -0.1) is 0 Å². The first kappa shape index (κ1) is 42.2. The molecule has 0 bridgehead atoms. The molecule has 0 aliphatic carbocycles. The van der Waals surface area contributed by atoms with Gasteiger partial charge in [-0.2, -0.15) is 0 Å². The Morgan fingerprint density at radius 1 is 0.224 bits per heavy atom. The molecule has 0 radical (unpaired) electrons. The lowest BCUT2D eigenvalue weighted by Gasteiger charge is -2.11. The van der Waals surface area contributed by atoms with E-state index in [1.807, 2.05) is 24.3 Å². The molecule has 5 heterocycles. The van der Waals surface area contributed by atoms with Crippen molar-refractivity contribution in [3.8, 4) is 56.7 Å². The van der Waals surface area contributed by atoms with Crippen molar-refractivity contribution in [1.29, 1.82) is 0 Å². The van der Waals surface area contributed by atoms with Gasteiger partial charge in [-0.05, 0) is 97.1 Å². The normalized spacial score (nSPS) is 11.9. The van der Waals surface area contributed by atoms with Crippen LogP contribution in [-0.4, -0.2) is 28.2 Å². The largest absolute Gasteiger partial charge is 0.309 e. The summed E-state index contributed by atoms with van der Waals surface area (Å²) in [7, 11) is 0. The number of hydrogen-bond donors (Lipinski definition) is 0. The molecule has 0 saturated heterocycles. The molecule has 5 aromatic heterocycles. The van der Waals surface area contributed by atoms with E-state index in [1.54, 1.807) is 0 Å². The first-order chi connectivity index (χ1) is 37.7. The molecule has 0 unspecified atom stereocenters. The minimum Gasteiger partial charge on any atom is -0.309 e. The van der Waals surface area contributed by atoms with Gasteiger partial charge in [-0.25, -0.2) is 9.97 Å². The van der Waals surface area contributed by atoms with Crippen LogP contribution in [0.1, 0.15) is 0 Å². The maximum Gasteiger partial charge on any atom is 0.160 e. The van der Waals surface area contributed by atoms with Crippen LogP contribution >= 0.6 is 0 Å². The zero-order chi connectivity index (χ0) is 49.8. The third-order valence-corrected chi connectivity index (χ3v) is 15.5. The highest BCUT2D eigenvalue weighted by Gasteiger charge is 2.25. The number of benzene rings is 11. The van der Waals surface area contributed by atoms with Gasteiger partial charge in [0.1, 0.15) is 0 Å². The van der Waals surface area contributed by atoms with Crippen LogP contribution in [0.3, 0.4) is 0 Å². The third-order valence-electron chi connectivity index (χ3n) is 15.5. The average molecular weight is 969 g/mol. The Morgan fingerprint density at radius 2 is 0.645 bits per heavy atom. The first-order valence-corrected chi connectivity index (χ1v) is 25.9. The second-order valence-electron chi connectivity index (χ2n) is 19.7. The molecule has 11 aromatic carbocycles. The highest BCUT2D eigenvalue weighted by molar-refractivity contribution is 6.28. The van der Waals surface area contributed by atoms with Crippen molar-refractivity contribution in [3.05, 3.63) is 267 Å². The van der Waals surface area contributed by atoms with Crippen LogP contribution in [0.4, 0.5) is 0 Å². The Morgan fingerprint density at radius 3 is 1.26 bits per heavy atom. The predicted octanol–water partition coefficient (Wildman–Crippen LogP) is 17.9. The van der Waals surface area contributed by atoms with E-state index in [2.05, 4.69) is 261 Å². The van der Waals surface area contributed by atoms with Crippen LogP contribution in [0, 0.1) is 0 Å². The van der Waals surface area contributed by atoms with Gasteiger partial charge in [0, 0.05) is 82.5 Å². The van der Waals surface area contributed by atoms with Gasteiger partial charge >= 0.3 is 0 Å². The number of fused-ring (bicyclic) bond motifs is 14. The summed E-state index contributed by atoms with van der Waals surface area (Å²) >= 11 is 0. The summed E-state index contributed by atoms with van der Waals surface area (Å²) in [5, 5.41) is 9.58. The summed E-state index contributed by atoms with van der Waals surface area (Å²) in [5.74, 6) is 0.695. The Kier molecular flexibility index (Phi) is 9.23. The quantitative estimate of drug-likeness (QED) is 0.160. The van der Waals surface area contributed by atoms with E-state index in [0.717, 1.165) is 78.3 Å². The van der Waals surface area contributed by atoms with E-state index >= 15 is 0 Å². The van der Waals surface area contributed by atoms with Crippen LogP contribution in [0.15, 0.2) is 267 Å². The number of para-hydroxylation sites is 5. The second kappa shape index (κ2) is 16.6. The summed E-state index contributed by atoms with van der Waals surface area (Å²) in [4.78, 5) is 10.4. The Bertz CT molecular complexity index is 4890. The predicted molar refractivity (Wildman–Crippen MR) is 316 cm³/mol. The summed E-state index contributed by atoms with van der Waals surface area (Å²) in [6, 6.07) is 96.3. The minimum atomic E-state index is 0.695. The molecule has 0 fully saturated rings. The van der Waals surface area contributed by atoms with E-state index in [1.165, 1.54) is 59.8 Å². The Labute approximate surface area is 436 Å². The maximum absolute atomic E-state index is 5.28. The molecule has 6 nitrogen and oxygen atoms in total. The third kappa shape index (κ3) is 6.28. The topological polar surface area (TPSA) is 45.5 Å². The number of nitrogens with zero attached hydrogens (tertiary/aromatic N) is 6. The fourth-order valence-corrected chi connectivity index (χ4v) is 12.3. The molecule has 0 aliphatic heterocycles. The molecular formula is C70H44N6. The fourth-order valence-electron chi connectivity index (χ4n) is 12.3. The molecule has 0 aliphatic rings. The molecule has 76 heavy (non-hydrogen) atoms. The van der Waals surface area contributed by atoms with Gasteiger partial charge in [-0.1, -0.05) is 170 Å². The second-order valence-corrected chi connectivity index (χ2v) is 19.7. The van der Waals surface area contributed by atoms with Crippen LogP contribution in [-0.2, 0) is 0 Å². The molecule has 0 saturated carbocycles. The molecule has 16 aromatic rings. The molecular weight excluding hydrogens is 925 g/mol. The minimum absolute atomic E-state index is 0.695. The van der Waals surface area contributed by atoms with Gasteiger partial charge < -0.3 is 18.3 Å². The highest BCUT2D eigenvalue weighted by Crippen LogP contribution is 2.46. The Hall–Kier alpha value is -10.3. The average Bonchev–Trinajstić information content (AvgIpc) is 4.33. The Balaban J connectivity index is 1.01. The summed E-state index contributed by atoms with van der Waals surface area (Å²) < 4.78 is 9.86. The van der Waals surface area contributed by atoms with E-state index in [9.17, 15) is 0 Å². The SMILES string of the molecule is c1ccc(-c2cc(-c3ccc4c(c3)c3ccc5c(c6cc(-n7c8ccccc8c8ccc9c(c%10ccccc%10n9-c9ccccc9)c87)ccc6n5-c5ccccc5)c3n4-c3ccccc3)nc(-c3ccccc3)n2)cc1. The van der Waals surface area contributed by atoms with Gasteiger partial charge in [-0.3, -0.25) is 0 Å². The zero-order valence-electron chi connectivity index (χ0n) is 41.1. The van der Waals surface area contributed by atoms with E-state index in [0.29, 0.717) is 5.82 Å². The lowest BCUT2D eigenvalue weighted by molar-refractivity contribution is 1.16. The first-order valence-electron chi connectivity index (χ1n) is 25.9. The highest BCUT2D eigenvalue weighted by atomic mass is 15.0. The van der Waals surface area contributed by atoms with Crippen molar-refractivity contribution in [2.75, 3.05) is 0 Å². The van der Waals surface area contributed by atoms with Gasteiger partial charge in [0.05, 0.1) is 55.5 Å². The van der Waals surface area contributed by atoms with Gasteiger partial charge in [0.2, 0.25) is 0 Å². The fraction of sp³-hybridized carbons (Fsp3) is 0. The van der Waals surface area contributed by atoms with Crippen molar-refractivity contribution in [1.82, 2.24) is 28.2 Å². The van der Waals surface area contributed by atoms with E-state index < -0.39 is 0 Å². The number of rotatable bonds is 7. The molecule has 0 spiro atoms. The van der Waals surface area contributed by atoms with E-state index in [4.69, 9.17) is 9.97 Å². The van der Waals surface area contributed by atoms with Crippen molar-refractivity contribution < 1.29 is 0 Å².